The van der Waals surface area contributed by atoms with Crippen molar-refractivity contribution in [2.24, 2.45) is 0 Å². The number of hydrogen-bond donors (Lipinski definition) is 3. The predicted molar refractivity (Wildman–Crippen MR) is 111 cm³/mol. The summed E-state index contributed by atoms with van der Waals surface area (Å²) in [5.74, 6) is -0.587. The Hall–Kier alpha value is -2.61. The van der Waals surface area contributed by atoms with Crippen LogP contribution in [0.4, 0.5) is 11.5 Å². The van der Waals surface area contributed by atoms with Gasteiger partial charge in [0, 0.05) is 17.9 Å². The van der Waals surface area contributed by atoms with E-state index >= 15 is 0 Å². The van der Waals surface area contributed by atoms with Gasteiger partial charge >= 0.3 is 0 Å². The number of aromatic nitrogens is 2. The van der Waals surface area contributed by atoms with Gasteiger partial charge in [-0.1, -0.05) is 42.8 Å². The number of hydrogen-bond acceptors (Lipinski definition) is 5. The van der Waals surface area contributed by atoms with Crippen molar-refractivity contribution < 1.29 is 9.59 Å². The molecule has 0 unspecified atom stereocenters. The molecular weight excluding hydrogens is 376 g/mol. The molecule has 2 heterocycles. The van der Waals surface area contributed by atoms with Crippen LogP contribution in [0.2, 0.25) is 0 Å². The van der Waals surface area contributed by atoms with E-state index < -0.39 is 5.92 Å². The molecule has 2 aromatic rings. The molecule has 1 aromatic carbocycles. The summed E-state index contributed by atoms with van der Waals surface area (Å²) in [5, 5.41) is 5.94. The first-order chi connectivity index (χ1) is 13.4. The van der Waals surface area contributed by atoms with E-state index in [0.29, 0.717) is 10.8 Å². The SMILES string of the molecule is CCCCSc1nc2c(c(=O)[nH]1)[C@H](C(=O)Nc1ccc(C)cc1C)CC(=O)N2. The van der Waals surface area contributed by atoms with E-state index in [9.17, 15) is 14.4 Å². The van der Waals surface area contributed by atoms with Gasteiger partial charge in [-0.2, -0.15) is 0 Å². The molecule has 1 aliphatic rings. The van der Waals surface area contributed by atoms with Crippen molar-refractivity contribution in [2.45, 2.75) is 51.1 Å². The Balaban J connectivity index is 1.88. The number of anilines is 2. The highest BCUT2D eigenvalue weighted by atomic mass is 32.2. The van der Waals surface area contributed by atoms with Crippen LogP contribution in [0.1, 0.15) is 48.8 Å². The number of nitrogens with one attached hydrogen (secondary N) is 3. The summed E-state index contributed by atoms with van der Waals surface area (Å²) >= 11 is 1.43. The first kappa shape index (κ1) is 20.1. The summed E-state index contributed by atoms with van der Waals surface area (Å²) in [7, 11) is 0. The van der Waals surface area contributed by atoms with Gasteiger partial charge in [0.25, 0.3) is 5.56 Å². The van der Waals surface area contributed by atoms with Crippen LogP contribution in [0.5, 0.6) is 0 Å². The number of carbonyl (C=O) groups is 2. The summed E-state index contributed by atoms with van der Waals surface area (Å²) in [6.45, 7) is 5.96. The second-order valence-electron chi connectivity index (χ2n) is 6.95. The fourth-order valence-corrected chi connectivity index (χ4v) is 4.08. The Morgan fingerprint density at radius 2 is 2.11 bits per heavy atom. The third-order valence-corrected chi connectivity index (χ3v) is 5.58. The molecule has 3 rings (SSSR count). The predicted octanol–water partition coefficient (Wildman–Crippen LogP) is 3.34. The number of fused-ring (bicyclic) bond motifs is 1. The minimum Gasteiger partial charge on any atom is -0.325 e. The average Bonchev–Trinajstić information content (AvgIpc) is 2.63. The summed E-state index contributed by atoms with van der Waals surface area (Å²) in [6.07, 6.45) is 1.95. The maximum atomic E-state index is 12.9. The third kappa shape index (κ3) is 4.44. The van der Waals surface area contributed by atoms with Crippen LogP contribution in [0.25, 0.3) is 0 Å². The first-order valence-electron chi connectivity index (χ1n) is 9.34. The lowest BCUT2D eigenvalue weighted by Gasteiger charge is -2.24. The van der Waals surface area contributed by atoms with Crippen LogP contribution in [0.15, 0.2) is 28.2 Å². The second-order valence-corrected chi connectivity index (χ2v) is 8.03. The van der Waals surface area contributed by atoms with Crippen LogP contribution in [0, 0.1) is 13.8 Å². The molecule has 0 spiro atoms. The lowest BCUT2D eigenvalue weighted by molar-refractivity contribution is -0.123. The van der Waals surface area contributed by atoms with E-state index in [1.165, 1.54) is 11.8 Å². The van der Waals surface area contributed by atoms with E-state index in [-0.39, 0.29) is 35.2 Å². The zero-order chi connectivity index (χ0) is 20.3. The maximum absolute atomic E-state index is 12.9. The van der Waals surface area contributed by atoms with Gasteiger partial charge in [0.15, 0.2) is 5.16 Å². The monoisotopic (exact) mass is 400 g/mol. The molecule has 7 nitrogen and oxygen atoms in total. The van der Waals surface area contributed by atoms with Crippen LogP contribution in [0.3, 0.4) is 0 Å². The number of aromatic amines is 1. The number of nitrogens with zero attached hydrogens (tertiary/aromatic N) is 1. The van der Waals surface area contributed by atoms with Crippen molar-refractivity contribution in [2.75, 3.05) is 16.4 Å². The number of carbonyl (C=O) groups excluding carboxylic acids is 2. The summed E-state index contributed by atoms with van der Waals surface area (Å²) in [6, 6.07) is 5.69. The van der Waals surface area contributed by atoms with E-state index in [2.05, 4.69) is 27.5 Å². The highest BCUT2D eigenvalue weighted by molar-refractivity contribution is 7.99. The van der Waals surface area contributed by atoms with Gasteiger partial charge in [0.1, 0.15) is 5.82 Å². The van der Waals surface area contributed by atoms with Crippen LogP contribution >= 0.6 is 11.8 Å². The minimum atomic E-state index is -0.879. The quantitative estimate of drug-likeness (QED) is 0.392. The van der Waals surface area contributed by atoms with Crippen LogP contribution < -0.4 is 16.2 Å². The third-order valence-electron chi connectivity index (χ3n) is 4.62. The summed E-state index contributed by atoms with van der Waals surface area (Å²) < 4.78 is 0. The van der Waals surface area contributed by atoms with Crippen molar-refractivity contribution in [3.05, 3.63) is 45.2 Å². The Labute approximate surface area is 167 Å². The molecule has 0 radical (unpaired) electrons. The number of rotatable bonds is 6. The highest BCUT2D eigenvalue weighted by Crippen LogP contribution is 2.31. The highest BCUT2D eigenvalue weighted by Gasteiger charge is 2.34. The molecule has 1 atom stereocenters. The van der Waals surface area contributed by atoms with Gasteiger partial charge in [-0.05, 0) is 31.9 Å². The van der Waals surface area contributed by atoms with Crippen molar-refractivity contribution in [1.82, 2.24) is 9.97 Å². The van der Waals surface area contributed by atoms with E-state index in [4.69, 9.17) is 0 Å². The standard InChI is InChI=1S/C20H24N4O3S/c1-4-5-8-28-20-23-17-16(19(27)24-20)13(10-15(25)22-17)18(26)21-14-7-6-11(2)9-12(14)3/h6-7,9,13H,4-5,8,10H2,1-3H3,(H,21,26)(H2,22,23,24,25,27)/t13-/m1/s1. The molecule has 148 valence electrons. The molecular formula is C20H24N4O3S. The van der Waals surface area contributed by atoms with Crippen molar-refractivity contribution in [3.63, 3.8) is 0 Å². The fraction of sp³-hybridized carbons (Fsp3) is 0.400. The lowest BCUT2D eigenvalue weighted by atomic mass is 9.92. The number of benzene rings is 1. The molecule has 3 N–H and O–H groups in total. The molecule has 0 bridgehead atoms. The van der Waals surface area contributed by atoms with E-state index in [0.717, 1.165) is 29.7 Å². The Morgan fingerprint density at radius 3 is 2.82 bits per heavy atom. The second kappa shape index (κ2) is 8.60. The van der Waals surface area contributed by atoms with Crippen LogP contribution in [-0.4, -0.2) is 27.5 Å². The van der Waals surface area contributed by atoms with Crippen molar-refractivity contribution in [1.29, 1.82) is 0 Å². The Bertz CT molecular complexity index is 970. The topological polar surface area (TPSA) is 104 Å². The molecule has 0 saturated carbocycles. The van der Waals surface area contributed by atoms with E-state index in [1.807, 2.05) is 32.0 Å². The van der Waals surface area contributed by atoms with Gasteiger partial charge in [-0.15, -0.1) is 0 Å². The zero-order valence-electron chi connectivity index (χ0n) is 16.2. The number of thioether (sulfide) groups is 1. The number of H-pyrrole nitrogens is 1. The van der Waals surface area contributed by atoms with E-state index in [1.54, 1.807) is 0 Å². The molecule has 0 fully saturated rings. The molecule has 8 heteroatoms. The fourth-order valence-electron chi connectivity index (χ4n) is 3.13. The molecule has 28 heavy (non-hydrogen) atoms. The molecule has 1 aromatic heterocycles. The van der Waals surface area contributed by atoms with Gasteiger partial charge < -0.3 is 15.6 Å². The largest absolute Gasteiger partial charge is 0.325 e. The van der Waals surface area contributed by atoms with Crippen LogP contribution in [-0.2, 0) is 9.59 Å². The zero-order valence-corrected chi connectivity index (χ0v) is 17.0. The first-order valence-corrected chi connectivity index (χ1v) is 10.3. The normalized spacial score (nSPS) is 15.7. The molecule has 2 amide bonds. The number of aryl methyl sites for hydroxylation is 2. The number of unbranched alkanes of at least 4 members (excludes halogenated alkanes) is 1. The van der Waals surface area contributed by atoms with Crippen molar-refractivity contribution >= 4 is 35.1 Å². The average molecular weight is 401 g/mol. The summed E-state index contributed by atoms with van der Waals surface area (Å²) in [4.78, 5) is 44.8. The summed E-state index contributed by atoms with van der Waals surface area (Å²) in [5.41, 5.74) is 2.50. The van der Waals surface area contributed by atoms with Gasteiger partial charge in [-0.3, -0.25) is 14.4 Å². The molecule has 0 saturated heterocycles. The Morgan fingerprint density at radius 1 is 1.32 bits per heavy atom. The smallest absolute Gasteiger partial charge is 0.257 e. The molecule has 0 aliphatic carbocycles. The van der Waals surface area contributed by atoms with Gasteiger partial charge in [-0.25, -0.2) is 4.98 Å². The van der Waals surface area contributed by atoms with Gasteiger partial charge in [0.2, 0.25) is 11.8 Å². The maximum Gasteiger partial charge on any atom is 0.257 e. The van der Waals surface area contributed by atoms with Crippen molar-refractivity contribution in [3.8, 4) is 0 Å². The van der Waals surface area contributed by atoms with Gasteiger partial charge in [0.05, 0.1) is 11.5 Å². The number of amides is 2. The Kier molecular flexibility index (Phi) is 6.18. The molecule has 1 aliphatic heterocycles. The lowest BCUT2D eigenvalue weighted by Crippen LogP contribution is -2.36. The minimum absolute atomic E-state index is 0.0865.